The third-order valence-corrected chi connectivity index (χ3v) is 2.49. The van der Waals surface area contributed by atoms with E-state index in [1.807, 2.05) is 0 Å². The molecule has 0 aliphatic heterocycles. The summed E-state index contributed by atoms with van der Waals surface area (Å²) in [6, 6.07) is 0. The van der Waals surface area contributed by atoms with Gasteiger partial charge in [-0.2, -0.15) is 0 Å². The zero-order valence-electron chi connectivity index (χ0n) is 9.07. The lowest BCUT2D eigenvalue weighted by Gasteiger charge is -2.27. The van der Waals surface area contributed by atoms with Gasteiger partial charge in [0.1, 0.15) is 6.10 Å². The molecule has 6 heteroatoms. The number of carbonyl (C=O) groups is 1. The normalized spacial score (nSPS) is 35.2. The molecule has 0 saturated heterocycles. The van der Waals surface area contributed by atoms with Crippen LogP contribution in [0.25, 0.3) is 0 Å². The Kier molecular flexibility index (Phi) is 4.72. The van der Waals surface area contributed by atoms with Crippen molar-refractivity contribution in [1.82, 2.24) is 0 Å². The van der Waals surface area contributed by atoms with Gasteiger partial charge in [-0.15, -0.1) is 0 Å². The topological polar surface area (TPSA) is 102 Å². The van der Waals surface area contributed by atoms with E-state index < -0.39 is 30.5 Å². The third-order valence-electron chi connectivity index (χ3n) is 2.49. The number of rotatable bonds is 2. The second kappa shape index (κ2) is 5.83. The van der Waals surface area contributed by atoms with E-state index >= 15 is 0 Å². The number of amides is 1. The van der Waals surface area contributed by atoms with Crippen LogP contribution in [0.15, 0.2) is 12.2 Å². The Morgan fingerprint density at radius 2 is 2.06 bits per heavy atom. The molecular weight excluding hydrogens is 214 g/mol. The van der Waals surface area contributed by atoms with Gasteiger partial charge in [-0.05, 0) is 6.08 Å². The van der Waals surface area contributed by atoms with Crippen LogP contribution in [-0.4, -0.2) is 47.8 Å². The largest absolute Gasteiger partial charge is 0.442 e. The van der Waals surface area contributed by atoms with Gasteiger partial charge in [0.25, 0.3) is 0 Å². The molecule has 0 radical (unpaired) electrons. The number of nitrogens with two attached hydrogens (primary N) is 1. The molecule has 0 fully saturated rings. The molecule has 1 rings (SSSR count). The van der Waals surface area contributed by atoms with Crippen molar-refractivity contribution in [1.29, 1.82) is 0 Å². The fraction of sp³-hybridized carbons (Fsp3) is 0.700. The van der Waals surface area contributed by atoms with Crippen molar-refractivity contribution in [2.75, 3.05) is 7.11 Å². The summed E-state index contributed by atoms with van der Waals surface area (Å²) in [5, 5.41) is 19.3. The van der Waals surface area contributed by atoms with Crippen molar-refractivity contribution in [3.8, 4) is 0 Å². The molecule has 1 amide bonds. The molecule has 1 aliphatic carbocycles. The van der Waals surface area contributed by atoms with Gasteiger partial charge < -0.3 is 25.4 Å². The second-order valence-corrected chi connectivity index (χ2v) is 3.74. The van der Waals surface area contributed by atoms with Gasteiger partial charge in [0.15, 0.2) is 0 Å². The van der Waals surface area contributed by atoms with Crippen molar-refractivity contribution in [2.24, 2.45) is 5.73 Å². The van der Waals surface area contributed by atoms with E-state index in [-0.39, 0.29) is 6.42 Å². The Bertz CT molecular complexity index is 268. The highest BCUT2D eigenvalue weighted by atomic mass is 16.6. The van der Waals surface area contributed by atoms with Crippen LogP contribution < -0.4 is 5.73 Å². The van der Waals surface area contributed by atoms with Crippen LogP contribution in [0.4, 0.5) is 4.79 Å². The summed E-state index contributed by atoms with van der Waals surface area (Å²) < 4.78 is 9.81. The molecule has 0 spiro atoms. The lowest BCUT2D eigenvalue weighted by atomic mass is 9.97. The number of primary amides is 1. The van der Waals surface area contributed by atoms with Crippen molar-refractivity contribution in [3.05, 3.63) is 12.2 Å². The first-order valence-electron chi connectivity index (χ1n) is 5.06. The van der Waals surface area contributed by atoms with Crippen LogP contribution in [-0.2, 0) is 9.47 Å². The molecule has 0 heterocycles. The molecule has 92 valence electrons. The van der Waals surface area contributed by atoms with Gasteiger partial charge in [-0.25, -0.2) is 4.79 Å². The average Bonchev–Trinajstić information content (AvgIpc) is 2.19. The number of aliphatic hydroxyl groups excluding tert-OH is 2. The van der Waals surface area contributed by atoms with E-state index in [0.29, 0.717) is 6.42 Å². The fourth-order valence-electron chi connectivity index (χ4n) is 1.68. The number of carbonyl (C=O) groups excluding carboxylic acids is 1. The van der Waals surface area contributed by atoms with E-state index in [0.717, 1.165) is 0 Å². The fourth-order valence-corrected chi connectivity index (χ4v) is 1.68. The second-order valence-electron chi connectivity index (χ2n) is 3.74. The van der Waals surface area contributed by atoms with Crippen molar-refractivity contribution in [2.45, 2.75) is 37.3 Å². The molecule has 0 aromatic rings. The average molecular weight is 231 g/mol. The number of ether oxygens (including phenoxy) is 2. The monoisotopic (exact) mass is 231 g/mol. The number of methoxy groups -OCH3 is 1. The highest BCUT2D eigenvalue weighted by Gasteiger charge is 2.27. The molecule has 4 N–H and O–H groups in total. The lowest BCUT2D eigenvalue weighted by molar-refractivity contribution is -0.0498. The minimum Gasteiger partial charge on any atom is -0.442 e. The summed E-state index contributed by atoms with van der Waals surface area (Å²) in [5.41, 5.74) is 4.89. The predicted octanol–water partition coefficient (Wildman–Crippen LogP) is -0.463. The molecule has 6 nitrogen and oxygen atoms in total. The van der Waals surface area contributed by atoms with Crippen LogP contribution in [0.2, 0.25) is 0 Å². The summed E-state index contributed by atoms with van der Waals surface area (Å²) in [6.45, 7) is 0. The van der Waals surface area contributed by atoms with Gasteiger partial charge in [-0.3, -0.25) is 0 Å². The Balaban J connectivity index is 2.70. The van der Waals surface area contributed by atoms with Gasteiger partial charge in [0, 0.05) is 20.0 Å². The van der Waals surface area contributed by atoms with Crippen LogP contribution >= 0.6 is 0 Å². The Morgan fingerprint density at radius 3 is 2.62 bits per heavy atom. The molecule has 0 aromatic carbocycles. The first-order chi connectivity index (χ1) is 7.52. The minimum absolute atomic E-state index is 0.199. The van der Waals surface area contributed by atoms with Crippen molar-refractivity contribution in [3.63, 3.8) is 0 Å². The molecule has 0 aromatic heterocycles. The van der Waals surface area contributed by atoms with Crippen molar-refractivity contribution < 1.29 is 24.5 Å². The van der Waals surface area contributed by atoms with E-state index in [9.17, 15) is 15.0 Å². The summed E-state index contributed by atoms with van der Waals surface area (Å²) in [7, 11) is 1.45. The van der Waals surface area contributed by atoms with Crippen molar-refractivity contribution >= 4 is 6.09 Å². The molecule has 16 heavy (non-hydrogen) atoms. The third kappa shape index (κ3) is 3.80. The van der Waals surface area contributed by atoms with E-state index in [2.05, 4.69) is 0 Å². The molecular formula is C10H17NO5. The Labute approximate surface area is 93.6 Å². The molecule has 4 unspecified atom stereocenters. The molecule has 1 aliphatic rings. The predicted molar refractivity (Wildman–Crippen MR) is 55.6 cm³/mol. The van der Waals surface area contributed by atoms with Gasteiger partial charge in [0.2, 0.25) is 0 Å². The SMILES string of the molecule is COC1CC(O)C=CC(OC(N)=O)CC1O. The first kappa shape index (κ1) is 13.0. The van der Waals surface area contributed by atoms with Crippen LogP contribution in [0.3, 0.4) is 0 Å². The molecule has 0 bridgehead atoms. The van der Waals surface area contributed by atoms with Crippen LogP contribution in [0.1, 0.15) is 12.8 Å². The van der Waals surface area contributed by atoms with Gasteiger partial charge in [0.05, 0.1) is 18.3 Å². The summed E-state index contributed by atoms with van der Waals surface area (Å²) >= 11 is 0. The molecule has 0 saturated carbocycles. The zero-order valence-corrected chi connectivity index (χ0v) is 9.07. The van der Waals surface area contributed by atoms with Gasteiger partial charge >= 0.3 is 6.09 Å². The van der Waals surface area contributed by atoms with Crippen LogP contribution in [0, 0.1) is 0 Å². The minimum atomic E-state index is -0.911. The quantitative estimate of drug-likeness (QED) is 0.558. The first-order valence-corrected chi connectivity index (χ1v) is 5.06. The van der Waals surface area contributed by atoms with E-state index in [4.69, 9.17) is 15.2 Å². The number of aliphatic hydroxyl groups is 2. The smallest absolute Gasteiger partial charge is 0.405 e. The number of hydrogen-bond acceptors (Lipinski definition) is 5. The summed E-state index contributed by atoms with van der Waals surface area (Å²) in [5.74, 6) is 0. The maximum absolute atomic E-state index is 10.6. The van der Waals surface area contributed by atoms with Crippen LogP contribution in [0.5, 0.6) is 0 Å². The number of hydrogen-bond donors (Lipinski definition) is 3. The van der Waals surface area contributed by atoms with E-state index in [1.54, 1.807) is 0 Å². The Hall–Kier alpha value is -1.11. The zero-order chi connectivity index (χ0) is 12.1. The summed E-state index contributed by atoms with van der Waals surface area (Å²) in [6.07, 6.45) is -0.0595. The van der Waals surface area contributed by atoms with E-state index in [1.165, 1.54) is 19.3 Å². The standard InChI is InChI=1S/C10H17NO5/c1-15-9-4-6(12)2-3-7(5-8(9)13)16-10(11)14/h2-3,6-9,12-13H,4-5H2,1H3,(H2,11,14). The summed E-state index contributed by atoms with van der Waals surface area (Å²) in [4.78, 5) is 10.6. The highest BCUT2D eigenvalue weighted by Crippen LogP contribution is 2.18. The maximum atomic E-state index is 10.6. The lowest BCUT2D eigenvalue weighted by Crippen LogP contribution is -2.37. The maximum Gasteiger partial charge on any atom is 0.405 e. The Morgan fingerprint density at radius 1 is 1.38 bits per heavy atom. The van der Waals surface area contributed by atoms with Gasteiger partial charge in [-0.1, -0.05) is 6.08 Å². The molecule has 4 atom stereocenters. The highest BCUT2D eigenvalue weighted by molar-refractivity contribution is 5.65.